The number of benzene rings is 1. The predicted octanol–water partition coefficient (Wildman–Crippen LogP) is 3.09. The Morgan fingerprint density at radius 2 is 1.86 bits per heavy atom. The van der Waals surface area contributed by atoms with Crippen molar-refractivity contribution in [3.05, 3.63) is 54.0 Å². The minimum Gasteiger partial charge on any atom is -0.493 e. The van der Waals surface area contributed by atoms with Crippen molar-refractivity contribution in [2.75, 3.05) is 13.2 Å². The van der Waals surface area contributed by atoms with Crippen molar-refractivity contribution in [3.8, 4) is 5.75 Å². The van der Waals surface area contributed by atoms with Gasteiger partial charge < -0.3 is 20.0 Å². The van der Waals surface area contributed by atoms with Crippen LogP contribution in [0.4, 0.5) is 0 Å². The van der Waals surface area contributed by atoms with Gasteiger partial charge in [-0.05, 0) is 29.7 Å². The average Bonchev–Trinajstić information content (AvgIpc) is 3.01. The molecule has 0 bridgehead atoms. The second-order valence-electron chi connectivity index (χ2n) is 5.62. The Morgan fingerprint density at radius 1 is 1.14 bits per heavy atom. The third-order valence-electron chi connectivity index (χ3n) is 3.41. The summed E-state index contributed by atoms with van der Waals surface area (Å²) in [5.41, 5.74) is 7.56. The van der Waals surface area contributed by atoms with Gasteiger partial charge in [0, 0.05) is 18.0 Å². The Morgan fingerprint density at radius 3 is 2.38 bits per heavy atom. The van der Waals surface area contributed by atoms with Crippen LogP contribution in [-0.2, 0) is 0 Å². The zero-order valence-electron chi connectivity index (χ0n) is 12.5. The van der Waals surface area contributed by atoms with Gasteiger partial charge in [0.15, 0.2) is 0 Å². The summed E-state index contributed by atoms with van der Waals surface area (Å²) in [5.74, 6) is 1.16. The van der Waals surface area contributed by atoms with E-state index in [4.69, 9.17) is 14.9 Å². The Labute approximate surface area is 125 Å². The maximum absolute atomic E-state index is 10.4. The molecule has 0 aliphatic heterocycles. The van der Waals surface area contributed by atoms with Gasteiger partial charge in [-0.3, -0.25) is 0 Å². The van der Waals surface area contributed by atoms with Gasteiger partial charge in [0.25, 0.3) is 0 Å². The molecule has 0 spiro atoms. The summed E-state index contributed by atoms with van der Waals surface area (Å²) in [6.45, 7) is 5.27. The molecule has 21 heavy (non-hydrogen) atoms. The number of nitrogens with two attached hydrogens (primary N) is 1. The lowest BCUT2D eigenvalue weighted by Gasteiger charge is -2.21. The molecule has 114 valence electrons. The highest BCUT2D eigenvalue weighted by Gasteiger charge is 2.22. The second-order valence-corrected chi connectivity index (χ2v) is 5.62. The lowest BCUT2D eigenvalue weighted by Crippen LogP contribution is -2.19. The molecule has 0 saturated carbocycles. The van der Waals surface area contributed by atoms with Crippen molar-refractivity contribution in [2.45, 2.75) is 25.9 Å². The number of hydrogen-bond acceptors (Lipinski definition) is 4. The molecule has 1 heterocycles. The molecule has 0 saturated heterocycles. The van der Waals surface area contributed by atoms with Gasteiger partial charge in [0.1, 0.15) is 5.75 Å². The monoisotopic (exact) mass is 289 g/mol. The molecule has 1 aromatic carbocycles. The van der Waals surface area contributed by atoms with Crippen LogP contribution in [0.25, 0.3) is 0 Å². The van der Waals surface area contributed by atoms with Crippen LogP contribution < -0.4 is 10.5 Å². The number of hydrogen-bond donors (Lipinski definition) is 2. The third-order valence-corrected chi connectivity index (χ3v) is 3.41. The molecule has 2 unspecified atom stereocenters. The van der Waals surface area contributed by atoms with Gasteiger partial charge in [0.2, 0.25) is 0 Å². The fraction of sp³-hybridized carbons (Fsp3) is 0.412. The van der Waals surface area contributed by atoms with E-state index >= 15 is 0 Å². The lowest BCUT2D eigenvalue weighted by atomic mass is 9.90. The van der Waals surface area contributed by atoms with Gasteiger partial charge in [-0.2, -0.15) is 0 Å². The first-order valence-corrected chi connectivity index (χ1v) is 7.24. The van der Waals surface area contributed by atoms with E-state index in [1.54, 1.807) is 18.6 Å². The van der Waals surface area contributed by atoms with Crippen molar-refractivity contribution >= 4 is 0 Å². The number of aliphatic hydroxyl groups is 1. The fourth-order valence-corrected chi connectivity index (χ4v) is 2.20. The Balaban J connectivity index is 2.08. The third kappa shape index (κ3) is 4.09. The van der Waals surface area contributed by atoms with Crippen LogP contribution in [0.1, 0.15) is 37.0 Å². The topological polar surface area (TPSA) is 68.6 Å². The van der Waals surface area contributed by atoms with Crippen LogP contribution in [0, 0.1) is 5.92 Å². The molecule has 0 aliphatic carbocycles. The van der Waals surface area contributed by atoms with E-state index in [0.29, 0.717) is 19.1 Å². The molecule has 4 nitrogen and oxygen atoms in total. The molecule has 0 fully saturated rings. The van der Waals surface area contributed by atoms with Gasteiger partial charge in [0.05, 0.1) is 25.2 Å². The van der Waals surface area contributed by atoms with Gasteiger partial charge >= 0.3 is 0 Å². The van der Waals surface area contributed by atoms with E-state index in [2.05, 4.69) is 13.8 Å². The molecule has 0 radical (unpaired) electrons. The highest BCUT2D eigenvalue weighted by atomic mass is 16.5. The molecule has 1 aromatic heterocycles. The summed E-state index contributed by atoms with van der Waals surface area (Å²) in [6.07, 6.45) is 2.43. The van der Waals surface area contributed by atoms with Crippen LogP contribution in [0.3, 0.4) is 0 Å². The van der Waals surface area contributed by atoms with Gasteiger partial charge in [-0.15, -0.1) is 0 Å². The van der Waals surface area contributed by atoms with E-state index in [0.717, 1.165) is 16.9 Å². The highest BCUT2D eigenvalue weighted by molar-refractivity contribution is 5.31. The lowest BCUT2D eigenvalue weighted by molar-refractivity contribution is 0.146. The maximum atomic E-state index is 10.4. The Kier molecular flexibility index (Phi) is 5.42. The van der Waals surface area contributed by atoms with Crippen molar-refractivity contribution in [1.29, 1.82) is 0 Å². The van der Waals surface area contributed by atoms with Crippen LogP contribution in [0.5, 0.6) is 5.75 Å². The van der Waals surface area contributed by atoms with Crippen molar-refractivity contribution < 1.29 is 14.3 Å². The molecular formula is C17H23NO3. The van der Waals surface area contributed by atoms with Gasteiger partial charge in [-0.1, -0.05) is 26.0 Å². The van der Waals surface area contributed by atoms with E-state index < -0.39 is 6.10 Å². The first kappa shape index (κ1) is 15.6. The van der Waals surface area contributed by atoms with E-state index in [9.17, 15) is 5.11 Å². The molecule has 3 N–H and O–H groups in total. The summed E-state index contributed by atoms with van der Waals surface area (Å²) in [4.78, 5) is 0. The van der Waals surface area contributed by atoms with E-state index in [1.165, 1.54) is 0 Å². The zero-order chi connectivity index (χ0) is 15.2. The van der Waals surface area contributed by atoms with Crippen LogP contribution >= 0.6 is 0 Å². The molecular weight excluding hydrogens is 266 g/mol. The first-order chi connectivity index (χ1) is 10.1. The number of aliphatic hydroxyl groups excluding tert-OH is 1. The number of furan rings is 1. The summed E-state index contributed by atoms with van der Waals surface area (Å²) >= 11 is 0. The number of rotatable bonds is 7. The smallest absolute Gasteiger partial charge is 0.119 e. The van der Waals surface area contributed by atoms with Gasteiger partial charge in [-0.25, -0.2) is 0 Å². The summed E-state index contributed by atoms with van der Waals surface area (Å²) in [5, 5.41) is 10.4. The van der Waals surface area contributed by atoms with Crippen LogP contribution in [-0.4, -0.2) is 18.3 Å². The van der Waals surface area contributed by atoms with Crippen LogP contribution in [0.15, 0.2) is 47.3 Å². The molecule has 4 heteroatoms. The summed E-state index contributed by atoms with van der Waals surface area (Å²) in [6, 6.07) is 9.51. The van der Waals surface area contributed by atoms with Crippen LogP contribution in [0.2, 0.25) is 0 Å². The fourth-order valence-electron chi connectivity index (χ4n) is 2.20. The largest absolute Gasteiger partial charge is 0.493 e. The average molecular weight is 289 g/mol. The minimum atomic E-state index is -0.670. The molecule has 0 aliphatic rings. The number of ether oxygens (including phenoxy) is 1. The highest BCUT2D eigenvalue weighted by Crippen LogP contribution is 2.31. The SMILES string of the molecule is CC(C)COc1ccc(C(CN)C(O)c2ccoc2)cc1. The van der Waals surface area contributed by atoms with Crippen molar-refractivity contribution in [2.24, 2.45) is 11.7 Å². The quantitative estimate of drug-likeness (QED) is 0.822. The van der Waals surface area contributed by atoms with Crippen molar-refractivity contribution in [3.63, 3.8) is 0 Å². The molecule has 2 rings (SSSR count). The van der Waals surface area contributed by atoms with E-state index in [-0.39, 0.29) is 5.92 Å². The zero-order valence-corrected chi connectivity index (χ0v) is 12.5. The van der Waals surface area contributed by atoms with Crippen molar-refractivity contribution in [1.82, 2.24) is 0 Å². The summed E-state index contributed by atoms with van der Waals surface area (Å²) in [7, 11) is 0. The summed E-state index contributed by atoms with van der Waals surface area (Å²) < 4.78 is 10.7. The first-order valence-electron chi connectivity index (χ1n) is 7.24. The normalized spacial score (nSPS) is 14.1. The minimum absolute atomic E-state index is 0.165. The Hall–Kier alpha value is -1.78. The molecule has 2 atom stereocenters. The van der Waals surface area contributed by atoms with E-state index in [1.807, 2.05) is 24.3 Å². The second kappa shape index (κ2) is 7.29. The maximum Gasteiger partial charge on any atom is 0.119 e. The molecule has 2 aromatic rings. The Bertz CT molecular complexity index is 519. The standard InChI is InChI=1S/C17H23NO3/c1-12(2)10-21-15-5-3-13(4-6-15)16(9-18)17(19)14-7-8-20-11-14/h3-8,11-12,16-17,19H,9-10,18H2,1-2H3. The predicted molar refractivity (Wildman–Crippen MR) is 82.2 cm³/mol. The molecule has 0 amide bonds.